The number of ether oxygens (including phenoxy) is 1. The minimum absolute atomic E-state index is 0.106. The van der Waals surface area contributed by atoms with Gasteiger partial charge in [0.05, 0.1) is 5.57 Å². The van der Waals surface area contributed by atoms with Gasteiger partial charge in [0.25, 0.3) is 0 Å². The molecular weight excluding hydrogens is 272 g/mol. The Morgan fingerprint density at radius 1 is 1.35 bits per heavy atom. The van der Waals surface area contributed by atoms with Crippen molar-refractivity contribution in [3.05, 3.63) is 36.0 Å². The van der Waals surface area contributed by atoms with E-state index >= 15 is 0 Å². The molecule has 1 heterocycles. The van der Waals surface area contributed by atoms with Gasteiger partial charge < -0.3 is 4.74 Å². The molecule has 1 aliphatic rings. The molecule has 0 saturated heterocycles. The highest BCUT2D eigenvalue weighted by atomic mass is 32.2. The van der Waals surface area contributed by atoms with Crippen LogP contribution < -0.4 is 0 Å². The molecule has 1 aliphatic heterocycles. The van der Waals surface area contributed by atoms with Gasteiger partial charge in [-0.1, -0.05) is 36.9 Å². The highest BCUT2D eigenvalue weighted by Gasteiger charge is 2.19. The Kier molecular flexibility index (Phi) is 8.04. The lowest BCUT2D eigenvalue weighted by Gasteiger charge is -1.96. The van der Waals surface area contributed by atoms with Gasteiger partial charge in [0, 0.05) is 0 Å². The summed E-state index contributed by atoms with van der Waals surface area (Å²) in [7, 11) is 0. The number of cyclic esters (lactones) is 1. The summed E-state index contributed by atoms with van der Waals surface area (Å²) in [6, 6.07) is 0. The second kappa shape index (κ2) is 9.59. The number of hydrogen-bond donors (Lipinski definition) is 0. The van der Waals surface area contributed by atoms with E-state index in [1.807, 2.05) is 38.2 Å². The molecule has 20 heavy (non-hydrogen) atoms. The molecule has 0 aliphatic carbocycles. The van der Waals surface area contributed by atoms with Crippen LogP contribution in [0.25, 0.3) is 0 Å². The van der Waals surface area contributed by atoms with Crippen LogP contribution in [0.1, 0.15) is 39.5 Å². The molecule has 110 valence electrons. The van der Waals surface area contributed by atoms with E-state index in [4.69, 9.17) is 4.74 Å². The number of esters is 1. The Bertz CT molecular complexity index is 421. The first-order valence-electron chi connectivity index (χ1n) is 7.06. The molecule has 0 aromatic heterocycles. The van der Waals surface area contributed by atoms with Gasteiger partial charge in [0.1, 0.15) is 6.10 Å². The lowest BCUT2D eigenvalue weighted by Crippen LogP contribution is -2.02. The molecule has 0 bridgehead atoms. The molecule has 0 spiro atoms. The van der Waals surface area contributed by atoms with Gasteiger partial charge in [0.15, 0.2) is 0 Å². The van der Waals surface area contributed by atoms with Gasteiger partial charge in [-0.2, -0.15) is 0 Å². The molecule has 1 atom stereocenters. The van der Waals surface area contributed by atoms with Gasteiger partial charge in [-0.05, 0) is 50.5 Å². The normalized spacial score (nSPS) is 18.8. The van der Waals surface area contributed by atoms with E-state index in [0.717, 1.165) is 31.4 Å². The zero-order valence-corrected chi connectivity index (χ0v) is 12.9. The van der Waals surface area contributed by atoms with Crippen molar-refractivity contribution in [2.24, 2.45) is 0 Å². The van der Waals surface area contributed by atoms with Gasteiger partial charge in [0.2, 0.25) is 5.12 Å². The van der Waals surface area contributed by atoms with E-state index in [1.165, 1.54) is 11.8 Å². The Labute approximate surface area is 125 Å². The summed E-state index contributed by atoms with van der Waals surface area (Å²) in [5, 5.41) is 0.133. The van der Waals surface area contributed by atoms with Crippen LogP contribution in [0.2, 0.25) is 0 Å². The Morgan fingerprint density at radius 2 is 2.05 bits per heavy atom. The summed E-state index contributed by atoms with van der Waals surface area (Å²) in [4.78, 5) is 22.5. The van der Waals surface area contributed by atoms with Crippen LogP contribution in [0.4, 0.5) is 0 Å². The maximum Gasteiger partial charge on any atom is 0.338 e. The molecule has 0 amide bonds. The molecular formula is C16H22O3S. The number of carbonyl (C=O) groups excluding carboxylic acids is 2. The average molecular weight is 294 g/mol. The highest BCUT2D eigenvalue weighted by molar-refractivity contribution is 8.14. The van der Waals surface area contributed by atoms with Crippen molar-refractivity contribution in [3.8, 4) is 0 Å². The molecule has 0 unspecified atom stereocenters. The smallest absolute Gasteiger partial charge is 0.338 e. The summed E-state index contributed by atoms with van der Waals surface area (Å²) in [5.74, 6) is 0.592. The van der Waals surface area contributed by atoms with Crippen LogP contribution in [0.5, 0.6) is 0 Å². The van der Waals surface area contributed by atoms with Crippen molar-refractivity contribution < 1.29 is 14.3 Å². The third-order valence-electron chi connectivity index (χ3n) is 2.77. The van der Waals surface area contributed by atoms with Gasteiger partial charge >= 0.3 is 5.97 Å². The minimum atomic E-state index is -0.233. The summed E-state index contributed by atoms with van der Waals surface area (Å²) < 4.78 is 5.00. The molecule has 0 fully saturated rings. The number of hydrogen-bond acceptors (Lipinski definition) is 4. The fourth-order valence-corrected chi connectivity index (χ4v) is 2.30. The van der Waals surface area contributed by atoms with E-state index in [0.29, 0.717) is 5.57 Å². The van der Waals surface area contributed by atoms with Crippen LogP contribution in [0, 0.1) is 0 Å². The predicted octanol–water partition coefficient (Wildman–Crippen LogP) is 3.81. The van der Waals surface area contributed by atoms with Crippen LogP contribution in [-0.2, 0) is 14.3 Å². The third kappa shape index (κ3) is 6.75. The van der Waals surface area contributed by atoms with E-state index < -0.39 is 0 Å². The van der Waals surface area contributed by atoms with E-state index in [-0.39, 0.29) is 17.2 Å². The third-order valence-corrected chi connectivity index (χ3v) is 3.48. The van der Waals surface area contributed by atoms with Crippen LogP contribution >= 0.6 is 11.8 Å². The lowest BCUT2D eigenvalue weighted by molar-refractivity contribution is -0.138. The van der Waals surface area contributed by atoms with Crippen molar-refractivity contribution in [1.82, 2.24) is 0 Å². The van der Waals surface area contributed by atoms with E-state index in [9.17, 15) is 9.59 Å². The van der Waals surface area contributed by atoms with Crippen molar-refractivity contribution in [1.29, 1.82) is 0 Å². The zero-order valence-electron chi connectivity index (χ0n) is 12.1. The number of unbranched alkanes of at least 4 members (excludes halogenated alkanes) is 3. The molecule has 0 radical (unpaired) electrons. The lowest BCUT2D eigenvalue weighted by atomic mass is 10.1. The monoisotopic (exact) mass is 294 g/mol. The first-order chi connectivity index (χ1) is 9.63. The molecule has 4 heteroatoms. The second-order valence-electron chi connectivity index (χ2n) is 4.57. The van der Waals surface area contributed by atoms with Crippen molar-refractivity contribution in [3.63, 3.8) is 0 Å². The maximum atomic E-state index is 11.3. The number of rotatable bonds is 8. The zero-order chi connectivity index (χ0) is 14.8. The Balaban J connectivity index is 2.09. The van der Waals surface area contributed by atoms with Crippen LogP contribution in [-0.4, -0.2) is 22.9 Å². The number of thioether (sulfide) groups is 1. The molecule has 0 aromatic rings. The minimum Gasteiger partial charge on any atom is -0.455 e. The standard InChI is InChI=1S/C16H22O3S/c1-3-20-15(17)11-9-7-5-4-6-8-10-14-12-13(2)19-16(14)18/h8-13H,3-7H2,1-2H3/b10-8+,11-9+/t13-/m0/s1. The first-order valence-corrected chi connectivity index (χ1v) is 8.04. The van der Waals surface area contributed by atoms with Gasteiger partial charge in [-0.25, -0.2) is 4.79 Å². The Morgan fingerprint density at radius 3 is 2.65 bits per heavy atom. The second-order valence-corrected chi connectivity index (χ2v) is 5.84. The molecule has 3 nitrogen and oxygen atoms in total. The van der Waals surface area contributed by atoms with Crippen molar-refractivity contribution in [2.75, 3.05) is 5.75 Å². The van der Waals surface area contributed by atoms with E-state index in [2.05, 4.69) is 0 Å². The summed E-state index contributed by atoms with van der Waals surface area (Å²) in [6.07, 6.45) is 13.1. The predicted molar refractivity (Wildman–Crippen MR) is 83.5 cm³/mol. The molecule has 0 aromatic carbocycles. The van der Waals surface area contributed by atoms with Gasteiger partial charge in [-0.3, -0.25) is 4.79 Å². The fraction of sp³-hybridized carbons (Fsp3) is 0.500. The topological polar surface area (TPSA) is 43.4 Å². The van der Waals surface area contributed by atoms with Crippen molar-refractivity contribution >= 4 is 22.8 Å². The number of allylic oxidation sites excluding steroid dienone is 2. The fourth-order valence-electron chi connectivity index (χ4n) is 1.82. The van der Waals surface area contributed by atoms with Crippen LogP contribution in [0.15, 0.2) is 36.0 Å². The first kappa shape index (κ1) is 16.8. The molecule has 1 rings (SSSR count). The maximum absolute atomic E-state index is 11.3. The van der Waals surface area contributed by atoms with Crippen molar-refractivity contribution in [2.45, 2.75) is 45.6 Å². The summed E-state index contributed by atoms with van der Waals surface area (Å²) >= 11 is 1.33. The quantitative estimate of drug-likeness (QED) is 0.388. The number of carbonyl (C=O) groups is 2. The summed E-state index contributed by atoms with van der Waals surface area (Å²) in [5.41, 5.74) is 0.652. The Hall–Kier alpha value is -1.29. The highest BCUT2D eigenvalue weighted by Crippen LogP contribution is 2.14. The molecule has 0 saturated carbocycles. The SMILES string of the molecule is CCSC(=O)/C=C/CCCC/C=C/C1=C[C@H](C)OC1=O. The van der Waals surface area contributed by atoms with Crippen LogP contribution in [0.3, 0.4) is 0 Å². The molecule has 0 N–H and O–H groups in total. The summed E-state index contributed by atoms with van der Waals surface area (Å²) in [6.45, 7) is 3.82. The van der Waals surface area contributed by atoms with Gasteiger partial charge in [-0.15, -0.1) is 0 Å². The average Bonchev–Trinajstić information content (AvgIpc) is 2.71. The van der Waals surface area contributed by atoms with E-state index in [1.54, 1.807) is 6.08 Å². The largest absolute Gasteiger partial charge is 0.455 e.